The van der Waals surface area contributed by atoms with Crippen LogP contribution in [0.4, 0.5) is 0 Å². The van der Waals surface area contributed by atoms with Crippen molar-refractivity contribution in [1.82, 2.24) is 4.90 Å². The van der Waals surface area contributed by atoms with Gasteiger partial charge in [-0.3, -0.25) is 9.59 Å². The second kappa shape index (κ2) is 7.45. The van der Waals surface area contributed by atoms with Crippen molar-refractivity contribution < 1.29 is 28.5 Å². The van der Waals surface area contributed by atoms with Crippen molar-refractivity contribution in [2.45, 2.75) is 5.37 Å². The minimum absolute atomic E-state index is 0.107. The lowest BCUT2D eigenvalue weighted by molar-refractivity contribution is -0.146. The number of esters is 1. The molecule has 1 aliphatic rings. The third kappa shape index (κ3) is 3.47. The summed E-state index contributed by atoms with van der Waals surface area (Å²) in [5.41, 5.74) is 0.741. The number of benzene rings is 1. The number of ether oxygens (including phenoxy) is 4. The summed E-state index contributed by atoms with van der Waals surface area (Å²) in [5, 5.41) is -0.351. The van der Waals surface area contributed by atoms with Gasteiger partial charge in [-0.2, -0.15) is 0 Å². The second-order valence-corrected chi connectivity index (χ2v) is 5.78. The Morgan fingerprint density at radius 3 is 2.30 bits per heavy atom. The monoisotopic (exact) mass is 341 g/mol. The van der Waals surface area contributed by atoms with Gasteiger partial charge in [-0.05, 0) is 6.07 Å². The Morgan fingerprint density at radius 1 is 1.13 bits per heavy atom. The second-order valence-electron chi connectivity index (χ2n) is 4.71. The summed E-state index contributed by atoms with van der Waals surface area (Å²) >= 11 is 1.42. The summed E-state index contributed by atoms with van der Waals surface area (Å²) < 4.78 is 20.7. The summed E-state index contributed by atoms with van der Waals surface area (Å²) in [6.07, 6.45) is 0. The highest BCUT2D eigenvalue weighted by atomic mass is 32.2. The summed E-state index contributed by atoms with van der Waals surface area (Å²) in [7, 11) is 5.90. The fraction of sp³-hybridized carbons (Fsp3) is 0.467. The number of carbonyl (C=O) groups is 2. The van der Waals surface area contributed by atoms with Crippen LogP contribution in [-0.2, 0) is 14.3 Å². The Hall–Kier alpha value is -2.09. The van der Waals surface area contributed by atoms with Crippen LogP contribution in [0.5, 0.6) is 17.2 Å². The van der Waals surface area contributed by atoms with Crippen LogP contribution in [0.25, 0.3) is 0 Å². The minimum Gasteiger partial charge on any atom is -0.496 e. The van der Waals surface area contributed by atoms with Gasteiger partial charge in [0.15, 0.2) is 11.5 Å². The first-order valence-corrected chi connectivity index (χ1v) is 7.88. The molecule has 1 unspecified atom stereocenters. The normalized spacial score (nSPS) is 17.1. The molecule has 0 aromatic heterocycles. The number of thioether (sulfide) groups is 1. The molecular weight excluding hydrogens is 322 g/mol. The lowest BCUT2D eigenvalue weighted by atomic mass is 10.1. The number of rotatable bonds is 6. The van der Waals surface area contributed by atoms with Crippen molar-refractivity contribution in [3.05, 3.63) is 17.7 Å². The van der Waals surface area contributed by atoms with Gasteiger partial charge in [0, 0.05) is 11.6 Å². The topological polar surface area (TPSA) is 74.3 Å². The Bertz CT molecular complexity index is 606. The van der Waals surface area contributed by atoms with Crippen LogP contribution in [0.1, 0.15) is 10.9 Å². The predicted molar refractivity (Wildman–Crippen MR) is 85.0 cm³/mol. The van der Waals surface area contributed by atoms with E-state index in [1.807, 2.05) is 0 Å². The molecule has 1 aromatic rings. The number of hydrogen-bond acceptors (Lipinski definition) is 7. The van der Waals surface area contributed by atoms with E-state index >= 15 is 0 Å². The van der Waals surface area contributed by atoms with Gasteiger partial charge in [0.1, 0.15) is 17.7 Å². The summed E-state index contributed by atoms with van der Waals surface area (Å²) in [4.78, 5) is 25.1. The molecule has 0 bridgehead atoms. The lowest BCUT2D eigenvalue weighted by Gasteiger charge is -2.25. The number of methoxy groups -OCH3 is 4. The van der Waals surface area contributed by atoms with Crippen LogP contribution in [0.15, 0.2) is 12.1 Å². The van der Waals surface area contributed by atoms with Crippen molar-refractivity contribution in [3.63, 3.8) is 0 Å². The summed E-state index contributed by atoms with van der Waals surface area (Å²) in [6, 6.07) is 3.46. The molecular formula is C15H19NO6S. The SMILES string of the molecule is COC(=O)CN1C(=O)CSC1c1cc(OC)c(OC)cc1OC. The van der Waals surface area contributed by atoms with Crippen LogP contribution in [0.2, 0.25) is 0 Å². The first-order valence-electron chi connectivity index (χ1n) is 6.83. The van der Waals surface area contributed by atoms with Gasteiger partial charge in [0.25, 0.3) is 0 Å². The van der Waals surface area contributed by atoms with E-state index in [0.717, 1.165) is 5.56 Å². The van der Waals surface area contributed by atoms with E-state index in [1.165, 1.54) is 45.1 Å². The van der Waals surface area contributed by atoms with Gasteiger partial charge >= 0.3 is 5.97 Å². The van der Waals surface area contributed by atoms with Crippen molar-refractivity contribution in [1.29, 1.82) is 0 Å². The van der Waals surface area contributed by atoms with E-state index in [9.17, 15) is 9.59 Å². The van der Waals surface area contributed by atoms with Crippen LogP contribution in [0, 0.1) is 0 Å². The van der Waals surface area contributed by atoms with E-state index in [-0.39, 0.29) is 17.8 Å². The fourth-order valence-corrected chi connectivity index (χ4v) is 3.53. The highest BCUT2D eigenvalue weighted by Gasteiger charge is 2.36. The van der Waals surface area contributed by atoms with Gasteiger partial charge in [0.05, 0.1) is 34.2 Å². The molecule has 1 atom stereocenters. The Balaban J connectivity index is 2.42. The van der Waals surface area contributed by atoms with Crippen molar-refractivity contribution >= 4 is 23.6 Å². The molecule has 1 heterocycles. The van der Waals surface area contributed by atoms with E-state index in [4.69, 9.17) is 14.2 Å². The standard InChI is InChI=1S/C15H19NO6S/c1-19-10-6-12(21-3)11(20-2)5-9(10)15-16(7-14(18)22-4)13(17)8-23-15/h5-6,15H,7-8H2,1-4H3. The molecule has 8 heteroatoms. The Labute approximate surface area is 138 Å². The number of nitrogens with zero attached hydrogens (tertiary/aromatic N) is 1. The average Bonchev–Trinajstić information content (AvgIpc) is 2.93. The third-order valence-corrected chi connectivity index (χ3v) is 4.73. The van der Waals surface area contributed by atoms with E-state index in [1.54, 1.807) is 12.1 Å². The molecule has 1 aromatic carbocycles. The molecule has 0 spiro atoms. The van der Waals surface area contributed by atoms with Crippen LogP contribution >= 0.6 is 11.8 Å². The van der Waals surface area contributed by atoms with Crippen LogP contribution < -0.4 is 14.2 Å². The van der Waals surface area contributed by atoms with E-state index in [2.05, 4.69) is 4.74 Å². The number of amides is 1. The molecule has 2 rings (SSSR count). The Morgan fingerprint density at radius 2 is 1.74 bits per heavy atom. The molecule has 0 radical (unpaired) electrons. The molecule has 7 nitrogen and oxygen atoms in total. The smallest absolute Gasteiger partial charge is 0.325 e. The zero-order valence-electron chi connectivity index (χ0n) is 13.5. The highest BCUT2D eigenvalue weighted by Crippen LogP contribution is 2.46. The van der Waals surface area contributed by atoms with Gasteiger partial charge in [-0.15, -0.1) is 11.8 Å². The van der Waals surface area contributed by atoms with Gasteiger partial charge in [0.2, 0.25) is 5.91 Å². The average molecular weight is 341 g/mol. The first-order chi connectivity index (χ1) is 11.0. The summed E-state index contributed by atoms with van der Waals surface area (Å²) in [5.74, 6) is 1.32. The zero-order valence-corrected chi connectivity index (χ0v) is 14.3. The molecule has 1 amide bonds. The van der Waals surface area contributed by atoms with Crippen molar-refractivity contribution in [3.8, 4) is 17.2 Å². The molecule has 0 N–H and O–H groups in total. The number of hydrogen-bond donors (Lipinski definition) is 0. The first kappa shape index (κ1) is 17.3. The molecule has 1 fully saturated rings. The minimum atomic E-state index is -0.467. The quantitative estimate of drug-likeness (QED) is 0.725. The van der Waals surface area contributed by atoms with Crippen LogP contribution in [0.3, 0.4) is 0 Å². The van der Waals surface area contributed by atoms with Crippen molar-refractivity contribution in [2.24, 2.45) is 0 Å². The van der Waals surface area contributed by atoms with E-state index < -0.39 is 5.97 Å². The fourth-order valence-electron chi connectivity index (χ4n) is 2.33. The van der Waals surface area contributed by atoms with E-state index in [0.29, 0.717) is 23.0 Å². The molecule has 0 saturated carbocycles. The highest BCUT2D eigenvalue weighted by molar-refractivity contribution is 8.00. The van der Waals surface area contributed by atoms with Gasteiger partial charge in [-0.1, -0.05) is 0 Å². The number of carbonyl (C=O) groups excluding carboxylic acids is 2. The summed E-state index contributed by atoms with van der Waals surface area (Å²) in [6.45, 7) is -0.107. The molecule has 23 heavy (non-hydrogen) atoms. The molecule has 0 aliphatic carbocycles. The maximum absolute atomic E-state index is 12.1. The molecule has 126 valence electrons. The maximum Gasteiger partial charge on any atom is 0.325 e. The zero-order chi connectivity index (χ0) is 17.0. The largest absolute Gasteiger partial charge is 0.496 e. The predicted octanol–water partition coefficient (Wildman–Crippen LogP) is 1.46. The Kier molecular flexibility index (Phi) is 5.59. The van der Waals surface area contributed by atoms with Crippen LogP contribution in [-0.4, -0.2) is 57.5 Å². The lowest BCUT2D eigenvalue weighted by Crippen LogP contribution is -2.34. The molecule has 1 aliphatic heterocycles. The maximum atomic E-state index is 12.1. The van der Waals surface area contributed by atoms with Gasteiger partial charge < -0.3 is 23.8 Å². The van der Waals surface area contributed by atoms with Crippen molar-refractivity contribution in [2.75, 3.05) is 40.7 Å². The molecule has 1 saturated heterocycles. The van der Waals surface area contributed by atoms with Gasteiger partial charge in [-0.25, -0.2) is 0 Å². The third-order valence-electron chi connectivity index (χ3n) is 3.50.